The van der Waals surface area contributed by atoms with Crippen LogP contribution >= 0.6 is 11.8 Å². The van der Waals surface area contributed by atoms with Crippen LogP contribution in [0.5, 0.6) is 5.75 Å². The lowest BCUT2D eigenvalue weighted by atomic mass is 10.2. The summed E-state index contributed by atoms with van der Waals surface area (Å²) < 4.78 is 70.4. The molecule has 182 valence electrons. The standard InChI is InChI=1S/C19H22F3N3O6S2/c1-18(2,3)31-17(27)23-8-15(26)24-16-25(13-9-33(28,29)10-14(13)32-16)11-4-6-12(7-5-11)30-19(20,21)22/h4-7,13-14H,8-10H2,1-3H3,(H,23,27). The van der Waals surface area contributed by atoms with Crippen molar-refractivity contribution in [1.82, 2.24) is 5.32 Å². The summed E-state index contributed by atoms with van der Waals surface area (Å²) in [6.45, 7) is 4.55. The summed E-state index contributed by atoms with van der Waals surface area (Å²) in [5.41, 5.74) is -0.393. The number of sulfone groups is 1. The number of fused-ring (bicyclic) bond motifs is 1. The number of thioether (sulfide) groups is 1. The molecule has 2 atom stereocenters. The fourth-order valence-corrected chi connectivity index (χ4v) is 7.21. The third-order valence-corrected chi connectivity index (χ3v) is 7.63. The molecule has 1 aromatic carbocycles. The third kappa shape index (κ3) is 7.00. The molecular formula is C19H22F3N3O6S2. The van der Waals surface area contributed by atoms with Gasteiger partial charge in [0.05, 0.1) is 17.5 Å². The van der Waals surface area contributed by atoms with Crippen molar-refractivity contribution in [2.24, 2.45) is 4.99 Å². The second-order valence-corrected chi connectivity index (χ2v) is 11.7. The first-order valence-corrected chi connectivity index (χ1v) is 12.4. The van der Waals surface area contributed by atoms with Gasteiger partial charge in [-0.1, -0.05) is 11.8 Å². The number of alkyl halides is 3. The fraction of sp³-hybridized carbons (Fsp3) is 0.526. The lowest BCUT2D eigenvalue weighted by Crippen LogP contribution is -2.38. The van der Waals surface area contributed by atoms with Gasteiger partial charge in [-0.25, -0.2) is 13.2 Å². The van der Waals surface area contributed by atoms with Crippen molar-refractivity contribution < 1.29 is 40.7 Å². The van der Waals surface area contributed by atoms with E-state index >= 15 is 0 Å². The third-order valence-electron chi connectivity index (χ3n) is 4.42. The van der Waals surface area contributed by atoms with E-state index in [-0.39, 0.29) is 16.7 Å². The quantitative estimate of drug-likeness (QED) is 0.659. The number of nitrogens with zero attached hydrogens (tertiary/aromatic N) is 2. The predicted molar refractivity (Wildman–Crippen MR) is 116 cm³/mol. The molecule has 2 heterocycles. The van der Waals surface area contributed by atoms with Crippen LogP contribution in [0.2, 0.25) is 0 Å². The van der Waals surface area contributed by atoms with Gasteiger partial charge in [0.15, 0.2) is 15.0 Å². The number of halogens is 3. The lowest BCUT2D eigenvalue weighted by Gasteiger charge is -2.24. The van der Waals surface area contributed by atoms with Gasteiger partial charge in [0.1, 0.15) is 17.9 Å². The molecule has 2 fully saturated rings. The number of ether oxygens (including phenoxy) is 2. The maximum absolute atomic E-state index is 12.4. The van der Waals surface area contributed by atoms with Gasteiger partial charge in [0, 0.05) is 10.9 Å². The lowest BCUT2D eigenvalue weighted by molar-refractivity contribution is -0.274. The molecule has 2 aliphatic heterocycles. The Morgan fingerprint density at radius 1 is 1.18 bits per heavy atom. The van der Waals surface area contributed by atoms with Crippen LogP contribution in [-0.2, 0) is 19.4 Å². The first kappa shape index (κ1) is 25.1. The number of carbonyl (C=O) groups is 2. The van der Waals surface area contributed by atoms with Gasteiger partial charge in [0.2, 0.25) is 0 Å². The van der Waals surface area contributed by atoms with Crippen molar-refractivity contribution in [3.63, 3.8) is 0 Å². The molecule has 14 heteroatoms. The van der Waals surface area contributed by atoms with E-state index in [4.69, 9.17) is 4.74 Å². The minimum Gasteiger partial charge on any atom is -0.444 e. The van der Waals surface area contributed by atoms with Crippen LogP contribution in [0.1, 0.15) is 20.8 Å². The number of alkyl carbamates (subject to hydrolysis) is 1. The smallest absolute Gasteiger partial charge is 0.444 e. The Balaban J connectivity index is 1.79. The summed E-state index contributed by atoms with van der Waals surface area (Å²) in [7, 11) is -3.32. The zero-order chi connectivity index (χ0) is 24.6. The van der Waals surface area contributed by atoms with E-state index in [9.17, 15) is 31.2 Å². The van der Waals surface area contributed by atoms with Crippen LogP contribution in [0.4, 0.5) is 23.7 Å². The van der Waals surface area contributed by atoms with E-state index in [0.717, 1.165) is 23.9 Å². The van der Waals surface area contributed by atoms with Crippen molar-refractivity contribution in [1.29, 1.82) is 0 Å². The maximum atomic E-state index is 12.4. The molecule has 2 saturated heterocycles. The monoisotopic (exact) mass is 509 g/mol. The van der Waals surface area contributed by atoms with E-state index < -0.39 is 57.4 Å². The molecule has 1 N–H and O–H groups in total. The van der Waals surface area contributed by atoms with E-state index in [1.54, 1.807) is 20.8 Å². The molecule has 0 aliphatic carbocycles. The van der Waals surface area contributed by atoms with Gasteiger partial charge in [-0.05, 0) is 45.0 Å². The van der Waals surface area contributed by atoms with Crippen LogP contribution in [0.3, 0.4) is 0 Å². The molecule has 1 aromatic rings. The molecule has 0 saturated carbocycles. The van der Waals surface area contributed by atoms with Crippen LogP contribution < -0.4 is 15.0 Å². The van der Waals surface area contributed by atoms with E-state index in [1.165, 1.54) is 17.0 Å². The predicted octanol–water partition coefficient (Wildman–Crippen LogP) is 2.71. The highest BCUT2D eigenvalue weighted by atomic mass is 32.2. The number of anilines is 1. The topological polar surface area (TPSA) is 114 Å². The summed E-state index contributed by atoms with van der Waals surface area (Å²) >= 11 is 1.09. The highest BCUT2D eigenvalue weighted by Gasteiger charge is 2.49. The maximum Gasteiger partial charge on any atom is 0.573 e. The number of carbonyl (C=O) groups excluding carboxylic acids is 2. The Bertz CT molecular complexity index is 1050. The molecule has 2 unspecified atom stereocenters. The van der Waals surface area contributed by atoms with Crippen LogP contribution in [0.25, 0.3) is 0 Å². The second kappa shape index (κ2) is 9.05. The van der Waals surface area contributed by atoms with Crippen LogP contribution in [0.15, 0.2) is 29.3 Å². The Morgan fingerprint density at radius 3 is 2.39 bits per heavy atom. The van der Waals surface area contributed by atoms with Crippen LogP contribution in [0, 0.1) is 0 Å². The average Bonchev–Trinajstić information content (AvgIpc) is 3.09. The SMILES string of the molecule is CC(C)(C)OC(=O)NCC(=O)N=C1SC2CS(=O)(=O)CC2N1c1ccc(OC(F)(F)F)cc1. The Morgan fingerprint density at radius 2 is 1.82 bits per heavy atom. The van der Waals surface area contributed by atoms with Crippen molar-refractivity contribution in [2.45, 2.75) is 44.0 Å². The number of aliphatic imine (C=N–C) groups is 1. The number of amides is 2. The van der Waals surface area contributed by atoms with E-state index in [1.807, 2.05) is 0 Å². The van der Waals surface area contributed by atoms with Crippen molar-refractivity contribution >= 4 is 44.5 Å². The summed E-state index contributed by atoms with van der Waals surface area (Å²) in [6, 6.07) is 4.29. The Kier molecular flexibility index (Phi) is 6.89. The number of rotatable bonds is 4. The number of amidine groups is 1. The molecule has 0 aromatic heterocycles. The number of hydrogen-bond donors (Lipinski definition) is 1. The largest absolute Gasteiger partial charge is 0.573 e. The summed E-state index contributed by atoms with van der Waals surface area (Å²) in [5, 5.41) is 2.09. The zero-order valence-corrected chi connectivity index (χ0v) is 19.5. The second-order valence-electron chi connectivity index (χ2n) is 8.36. The highest BCUT2D eigenvalue weighted by Crippen LogP contribution is 2.41. The van der Waals surface area contributed by atoms with Gasteiger partial charge in [-0.15, -0.1) is 13.2 Å². The highest BCUT2D eigenvalue weighted by molar-refractivity contribution is 8.16. The molecule has 2 aliphatic rings. The van der Waals surface area contributed by atoms with Crippen molar-refractivity contribution in [3.05, 3.63) is 24.3 Å². The minimum absolute atomic E-state index is 0.114. The van der Waals surface area contributed by atoms with Gasteiger partial charge in [-0.2, -0.15) is 4.99 Å². The first-order chi connectivity index (χ1) is 15.1. The van der Waals surface area contributed by atoms with Gasteiger partial charge < -0.3 is 19.7 Å². The van der Waals surface area contributed by atoms with Crippen LogP contribution in [-0.4, -0.2) is 66.9 Å². The molecule has 2 amide bonds. The Hall–Kier alpha value is -2.48. The van der Waals surface area contributed by atoms with E-state index in [2.05, 4.69) is 15.0 Å². The van der Waals surface area contributed by atoms with Gasteiger partial charge in [0.25, 0.3) is 5.91 Å². The number of nitrogens with one attached hydrogen (secondary N) is 1. The molecule has 0 bridgehead atoms. The zero-order valence-electron chi connectivity index (χ0n) is 17.9. The molecular weight excluding hydrogens is 487 g/mol. The van der Waals surface area contributed by atoms with Gasteiger partial charge in [-0.3, -0.25) is 4.79 Å². The van der Waals surface area contributed by atoms with Gasteiger partial charge >= 0.3 is 12.5 Å². The van der Waals surface area contributed by atoms with Crippen molar-refractivity contribution in [3.8, 4) is 5.75 Å². The summed E-state index contributed by atoms with van der Waals surface area (Å²) in [6.07, 6.45) is -5.65. The molecule has 0 spiro atoms. The molecule has 0 radical (unpaired) electrons. The number of benzene rings is 1. The molecule has 33 heavy (non-hydrogen) atoms. The normalized spacial score (nSPS) is 23.3. The Labute approximate surface area is 192 Å². The summed E-state index contributed by atoms with van der Waals surface area (Å²) in [5.74, 6) is -1.44. The fourth-order valence-electron chi connectivity index (χ4n) is 3.28. The molecule has 3 rings (SSSR count). The number of hydrogen-bond acceptors (Lipinski definition) is 7. The van der Waals surface area contributed by atoms with Crippen molar-refractivity contribution in [2.75, 3.05) is 23.0 Å². The average molecular weight is 510 g/mol. The first-order valence-electron chi connectivity index (χ1n) is 9.72. The minimum atomic E-state index is -4.85. The molecule has 9 nitrogen and oxygen atoms in total. The van der Waals surface area contributed by atoms with E-state index in [0.29, 0.717) is 5.69 Å². The summed E-state index contributed by atoms with van der Waals surface area (Å²) in [4.78, 5) is 29.6.